The van der Waals surface area contributed by atoms with Crippen LogP contribution in [0.25, 0.3) is 28.2 Å². The van der Waals surface area contributed by atoms with E-state index in [-0.39, 0.29) is 34.2 Å². The van der Waals surface area contributed by atoms with Crippen LogP contribution in [0.15, 0.2) is 65.1 Å². The zero-order valence-corrected chi connectivity index (χ0v) is 17.1. The monoisotopic (exact) mass is 444 g/mol. The number of fused-ring (bicyclic) bond motifs is 1. The lowest BCUT2D eigenvalue weighted by Gasteiger charge is -2.09. The van der Waals surface area contributed by atoms with Gasteiger partial charge in [-0.15, -0.1) is 0 Å². The second-order valence-corrected chi connectivity index (χ2v) is 7.36. The van der Waals surface area contributed by atoms with Gasteiger partial charge in [0.1, 0.15) is 5.76 Å². The van der Waals surface area contributed by atoms with Crippen LogP contribution in [-0.4, -0.2) is 35.5 Å². The van der Waals surface area contributed by atoms with Crippen molar-refractivity contribution in [3.63, 3.8) is 0 Å². The first-order valence-corrected chi connectivity index (χ1v) is 9.83. The van der Waals surface area contributed by atoms with Crippen molar-refractivity contribution in [2.45, 2.75) is 6.92 Å². The summed E-state index contributed by atoms with van der Waals surface area (Å²) in [6.07, 6.45) is 0. The number of imidazole rings is 1. The largest absolute Gasteiger partial charge is 0.503 e. The number of non-ortho nitro benzene ring substituents is 1. The molecule has 33 heavy (non-hydrogen) atoms. The minimum Gasteiger partial charge on any atom is -0.503 e. The van der Waals surface area contributed by atoms with Crippen molar-refractivity contribution >= 4 is 22.5 Å². The number of aromatic amines is 1. The molecule has 3 aromatic heterocycles. The Morgan fingerprint density at radius 3 is 2.61 bits per heavy atom. The van der Waals surface area contributed by atoms with Crippen molar-refractivity contribution < 1.29 is 24.3 Å². The maximum atomic E-state index is 13.3. The van der Waals surface area contributed by atoms with E-state index >= 15 is 0 Å². The highest BCUT2D eigenvalue weighted by Crippen LogP contribution is 2.44. The van der Waals surface area contributed by atoms with Crippen LogP contribution in [0.2, 0.25) is 0 Å². The van der Waals surface area contributed by atoms with E-state index in [0.29, 0.717) is 16.8 Å². The number of para-hydroxylation sites is 2. The molecule has 164 valence electrons. The molecule has 10 nitrogen and oxygen atoms in total. The van der Waals surface area contributed by atoms with E-state index in [4.69, 9.17) is 4.42 Å². The molecule has 0 saturated carbocycles. The van der Waals surface area contributed by atoms with Crippen LogP contribution < -0.4 is 0 Å². The zero-order valence-electron chi connectivity index (χ0n) is 17.1. The third kappa shape index (κ3) is 3.21. The molecule has 10 heteroatoms. The topological polar surface area (TPSA) is 147 Å². The maximum Gasteiger partial charge on any atom is 0.270 e. The number of furan rings is 1. The molecule has 0 aliphatic rings. The van der Waals surface area contributed by atoms with Crippen LogP contribution in [0.3, 0.4) is 0 Å². The van der Waals surface area contributed by atoms with E-state index in [9.17, 15) is 25.1 Å². The highest BCUT2D eigenvalue weighted by atomic mass is 16.6. The van der Waals surface area contributed by atoms with Gasteiger partial charge in [-0.05, 0) is 31.2 Å². The molecular formula is C23H16N4O6. The molecule has 0 saturated heterocycles. The molecule has 0 spiro atoms. The van der Waals surface area contributed by atoms with Crippen molar-refractivity contribution in [1.29, 1.82) is 0 Å². The Morgan fingerprint density at radius 2 is 1.91 bits per heavy atom. The van der Waals surface area contributed by atoms with Crippen molar-refractivity contribution in [3.05, 3.63) is 87.9 Å². The van der Waals surface area contributed by atoms with Crippen molar-refractivity contribution in [3.8, 4) is 28.8 Å². The minimum atomic E-state index is -0.702. The number of nitrogens with zero attached hydrogens (tertiary/aromatic N) is 3. The molecular weight excluding hydrogens is 428 g/mol. The third-order valence-electron chi connectivity index (χ3n) is 5.23. The van der Waals surface area contributed by atoms with Gasteiger partial charge in [0.25, 0.3) is 5.69 Å². The summed E-state index contributed by atoms with van der Waals surface area (Å²) in [4.78, 5) is 31.6. The smallest absolute Gasteiger partial charge is 0.270 e. The zero-order chi connectivity index (χ0) is 23.3. The van der Waals surface area contributed by atoms with Gasteiger partial charge in [0.05, 0.1) is 27.2 Å². The lowest BCUT2D eigenvalue weighted by molar-refractivity contribution is -0.384. The van der Waals surface area contributed by atoms with Crippen LogP contribution in [-0.2, 0) is 0 Å². The lowest BCUT2D eigenvalue weighted by Crippen LogP contribution is -2.05. The number of nitrogens with one attached hydrogen (secondary N) is 1. The predicted molar refractivity (Wildman–Crippen MR) is 118 cm³/mol. The van der Waals surface area contributed by atoms with Gasteiger partial charge in [0.15, 0.2) is 11.5 Å². The van der Waals surface area contributed by atoms with Gasteiger partial charge < -0.3 is 19.6 Å². The first-order chi connectivity index (χ1) is 15.8. The molecule has 0 aliphatic heterocycles. The number of hydrogen-bond donors (Lipinski definition) is 3. The van der Waals surface area contributed by atoms with Crippen LogP contribution >= 0.6 is 0 Å². The summed E-state index contributed by atoms with van der Waals surface area (Å²) in [7, 11) is 0. The summed E-state index contributed by atoms with van der Waals surface area (Å²) in [5.74, 6) is -1.52. The fraction of sp³-hybridized carbons (Fsp3) is 0.0435. The Kier molecular flexibility index (Phi) is 4.49. The van der Waals surface area contributed by atoms with Gasteiger partial charge in [0, 0.05) is 17.7 Å². The average molecular weight is 444 g/mol. The Balaban J connectivity index is 1.83. The summed E-state index contributed by atoms with van der Waals surface area (Å²) < 4.78 is 6.58. The molecule has 0 fully saturated rings. The van der Waals surface area contributed by atoms with Crippen LogP contribution in [0.5, 0.6) is 11.6 Å². The van der Waals surface area contributed by atoms with Crippen molar-refractivity contribution in [2.75, 3.05) is 0 Å². The highest BCUT2D eigenvalue weighted by molar-refractivity contribution is 6.14. The number of benzene rings is 2. The summed E-state index contributed by atoms with van der Waals surface area (Å²) >= 11 is 0. The molecule has 2 aromatic carbocycles. The number of nitro benzene ring substituents is 1. The van der Waals surface area contributed by atoms with E-state index in [1.165, 1.54) is 30.3 Å². The first kappa shape index (κ1) is 20.1. The van der Waals surface area contributed by atoms with Crippen LogP contribution in [0, 0.1) is 17.0 Å². The molecule has 0 radical (unpaired) electrons. The van der Waals surface area contributed by atoms with Gasteiger partial charge in [-0.25, -0.2) is 9.55 Å². The molecule has 3 heterocycles. The van der Waals surface area contributed by atoms with Gasteiger partial charge in [0.2, 0.25) is 17.6 Å². The first-order valence-electron chi connectivity index (χ1n) is 9.83. The minimum absolute atomic E-state index is 0.0202. The van der Waals surface area contributed by atoms with Gasteiger partial charge in [-0.1, -0.05) is 24.3 Å². The molecule has 3 N–H and O–H groups in total. The number of H-pyrrole nitrogens is 1. The second kappa shape index (κ2) is 7.38. The van der Waals surface area contributed by atoms with Gasteiger partial charge in [-0.2, -0.15) is 0 Å². The Labute approximate surface area is 185 Å². The Morgan fingerprint density at radius 1 is 1.12 bits per heavy atom. The number of aryl methyl sites for hydroxylation is 1. The number of carbonyl (C=O) groups excluding carboxylic acids is 1. The molecule has 0 bridgehead atoms. The number of nitro groups is 1. The van der Waals surface area contributed by atoms with Crippen LogP contribution in [0.1, 0.15) is 21.9 Å². The normalized spacial score (nSPS) is 11.2. The van der Waals surface area contributed by atoms with E-state index < -0.39 is 22.3 Å². The van der Waals surface area contributed by atoms with Gasteiger partial charge in [-0.3, -0.25) is 14.9 Å². The number of ketones is 1. The summed E-state index contributed by atoms with van der Waals surface area (Å²) in [6, 6.07) is 15.7. The molecule has 0 amide bonds. The fourth-order valence-corrected chi connectivity index (χ4v) is 3.73. The van der Waals surface area contributed by atoms with Crippen LogP contribution in [0.4, 0.5) is 5.69 Å². The van der Waals surface area contributed by atoms with Crippen molar-refractivity contribution in [2.24, 2.45) is 0 Å². The molecule has 5 rings (SSSR count). The quantitative estimate of drug-likeness (QED) is 0.206. The predicted octanol–water partition coefficient (Wildman–Crippen LogP) is 4.47. The third-order valence-corrected chi connectivity index (χ3v) is 5.23. The fourth-order valence-electron chi connectivity index (χ4n) is 3.73. The summed E-state index contributed by atoms with van der Waals surface area (Å²) in [5, 5.41) is 33.0. The molecule has 5 aromatic rings. The Hall–Kier alpha value is -4.86. The van der Waals surface area contributed by atoms with E-state index in [1.807, 2.05) is 0 Å². The molecule has 0 unspecified atom stereocenters. The standard InChI is InChI=1S/C23H16N4O6/c1-12-9-10-17(33-12)20(28)18-19(13-5-4-6-14(11-13)27(31)32)26(22(30)21(18)29)23-24-15-7-2-3-8-16(15)25-23/h2-11,29-30H,1H3,(H,24,25). The second-order valence-electron chi connectivity index (χ2n) is 7.36. The number of rotatable bonds is 5. The SMILES string of the molecule is Cc1ccc(C(=O)c2c(O)c(O)n(-c3nc4ccccc4[nH]3)c2-c2cccc([N+](=O)[O-])c2)o1. The molecule has 0 aliphatic carbocycles. The number of hydrogen-bond acceptors (Lipinski definition) is 7. The maximum absolute atomic E-state index is 13.3. The highest BCUT2D eigenvalue weighted by Gasteiger charge is 2.32. The van der Waals surface area contributed by atoms with E-state index in [2.05, 4.69) is 9.97 Å². The number of carbonyl (C=O) groups is 1. The Bertz CT molecular complexity index is 1530. The lowest BCUT2D eigenvalue weighted by atomic mass is 10.0. The van der Waals surface area contributed by atoms with E-state index in [1.54, 1.807) is 37.3 Å². The van der Waals surface area contributed by atoms with Crippen molar-refractivity contribution in [1.82, 2.24) is 14.5 Å². The van der Waals surface area contributed by atoms with E-state index in [0.717, 1.165) is 4.57 Å². The number of aromatic hydroxyl groups is 2. The average Bonchev–Trinajstić information content (AvgIpc) is 3.49. The molecule has 0 atom stereocenters. The number of aromatic nitrogens is 3. The van der Waals surface area contributed by atoms with Gasteiger partial charge >= 0.3 is 0 Å². The summed E-state index contributed by atoms with van der Waals surface area (Å²) in [5.41, 5.74) is 0.969. The summed E-state index contributed by atoms with van der Waals surface area (Å²) in [6.45, 7) is 1.66.